The molecule has 0 saturated carbocycles. The van der Waals surface area contributed by atoms with Crippen molar-refractivity contribution in [1.29, 1.82) is 0 Å². The minimum absolute atomic E-state index is 0.336. The number of thiocarbonyl (C=S) groups is 1. The first-order valence-electron chi connectivity index (χ1n) is 8.62. The molecule has 0 aromatic heterocycles. The Labute approximate surface area is 169 Å². The van der Waals surface area contributed by atoms with Crippen molar-refractivity contribution in [3.63, 3.8) is 0 Å². The van der Waals surface area contributed by atoms with Crippen molar-refractivity contribution in [2.75, 3.05) is 20.2 Å². The van der Waals surface area contributed by atoms with E-state index in [2.05, 4.69) is 4.90 Å². The van der Waals surface area contributed by atoms with Crippen LogP contribution in [0.1, 0.15) is 30.4 Å². The van der Waals surface area contributed by atoms with E-state index in [9.17, 15) is 0 Å². The van der Waals surface area contributed by atoms with Gasteiger partial charge in [-0.15, -0.1) is 0 Å². The van der Waals surface area contributed by atoms with E-state index >= 15 is 0 Å². The lowest BCUT2D eigenvalue weighted by molar-refractivity contribution is 0.284. The molecule has 0 atom stereocenters. The Kier molecular flexibility index (Phi) is 6.63. The van der Waals surface area contributed by atoms with Crippen LogP contribution in [-0.2, 0) is 6.61 Å². The largest absolute Gasteiger partial charge is 0.493 e. The van der Waals surface area contributed by atoms with E-state index in [1.807, 2.05) is 24.3 Å². The molecule has 1 aliphatic heterocycles. The summed E-state index contributed by atoms with van der Waals surface area (Å²) in [5, 5.41) is 1.19. The molecular formula is C20H21Cl2NO2S. The van der Waals surface area contributed by atoms with Gasteiger partial charge in [0.2, 0.25) is 0 Å². The van der Waals surface area contributed by atoms with Gasteiger partial charge >= 0.3 is 0 Å². The second kappa shape index (κ2) is 8.94. The zero-order valence-electron chi connectivity index (χ0n) is 14.6. The summed E-state index contributed by atoms with van der Waals surface area (Å²) < 4.78 is 11.4. The molecule has 0 amide bonds. The van der Waals surface area contributed by atoms with Gasteiger partial charge in [-0.3, -0.25) is 0 Å². The third-order valence-corrected chi connectivity index (χ3v) is 5.53. The Morgan fingerprint density at radius 2 is 1.81 bits per heavy atom. The molecule has 0 N–H and O–H groups in total. The van der Waals surface area contributed by atoms with Crippen molar-refractivity contribution in [2.24, 2.45) is 0 Å². The van der Waals surface area contributed by atoms with Gasteiger partial charge in [0.1, 0.15) is 11.6 Å². The minimum atomic E-state index is 0.336. The number of rotatable bonds is 5. The molecular weight excluding hydrogens is 389 g/mol. The van der Waals surface area contributed by atoms with Crippen LogP contribution < -0.4 is 9.47 Å². The fourth-order valence-electron chi connectivity index (χ4n) is 2.99. The minimum Gasteiger partial charge on any atom is -0.493 e. The third-order valence-electron chi connectivity index (χ3n) is 4.45. The highest BCUT2D eigenvalue weighted by Gasteiger charge is 2.17. The lowest BCUT2D eigenvalue weighted by Crippen LogP contribution is -2.34. The SMILES string of the molecule is COc1cc(C(=S)N2CCCCC2)ccc1OCc1ccc(Cl)cc1Cl. The van der Waals surface area contributed by atoms with Crippen LogP contribution in [0.3, 0.4) is 0 Å². The molecule has 26 heavy (non-hydrogen) atoms. The van der Waals surface area contributed by atoms with Crippen molar-refractivity contribution in [2.45, 2.75) is 25.9 Å². The van der Waals surface area contributed by atoms with Gasteiger partial charge in [-0.05, 0) is 49.6 Å². The number of benzene rings is 2. The molecule has 0 radical (unpaired) electrons. The van der Waals surface area contributed by atoms with Gasteiger partial charge in [0.05, 0.1) is 7.11 Å². The molecule has 2 aromatic carbocycles. The Bertz CT molecular complexity index is 791. The first-order chi connectivity index (χ1) is 12.6. The molecule has 0 spiro atoms. The van der Waals surface area contributed by atoms with Crippen LogP contribution in [0.2, 0.25) is 10.0 Å². The van der Waals surface area contributed by atoms with Crippen molar-refractivity contribution >= 4 is 40.4 Å². The average molecular weight is 410 g/mol. The molecule has 138 valence electrons. The van der Waals surface area contributed by atoms with E-state index in [0.717, 1.165) is 29.2 Å². The van der Waals surface area contributed by atoms with Crippen LogP contribution >= 0.6 is 35.4 Å². The number of ether oxygens (including phenoxy) is 2. The zero-order valence-corrected chi connectivity index (χ0v) is 17.0. The predicted molar refractivity (Wildman–Crippen MR) is 111 cm³/mol. The van der Waals surface area contributed by atoms with Crippen LogP contribution in [-0.4, -0.2) is 30.1 Å². The van der Waals surface area contributed by atoms with Gasteiger partial charge in [-0.2, -0.15) is 0 Å². The van der Waals surface area contributed by atoms with Crippen LogP contribution in [0.25, 0.3) is 0 Å². The first-order valence-corrected chi connectivity index (χ1v) is 9.79. The van der Waals surface area contributed by atoms with Crippen LogP contribution in [0.15, 0.2) is 36.4 Å². The summed E-state index contributed by atoms with van der Waals surface area (Å²) in [7, 11) is 1.63. The average Bonchev–Trinajstić information content (AvgIpc) is 2.67. The molecule has 3 rings (SSSR count). The zero-order chi connectivity index (χ0) is 18.5. The van der Waals surface area contributed by atoms with Crippen molar-refractivity contribution < 1.29 is 9.47 Å². The first kappa shape index (κ1) is 19.3. The van der Waals surface area contributed by atoms with E-state index in [4.69, 9.17) is 44.9 Å². The second-order valence-corrected chi connectivity index (χ2v) is 7.47. The number of nitrogens with zero attached hydrogens (tertiary/aromatic N) is 1. The van der Waals surface area contributed by atoms with E-state index < -0.39 is 0 Å². The third kappa shape index (κ3) is 4.61. The fraction of sp³-hybridized carbons (Fsp3) is 0.350. The Hall–Kier alpha value is -1.49. The van der Waals surface area contributed by atoms with Gasteiger partial charge in [-0.1, -0.05) is 41.5 Å². The maximum atomic E-state index is 6.20. The molecule has 1 saturated heterocycles. The summed E-state index contributed by atoms with van der Waals surface area (Å²) in [5.41, 5.74) is 1.85. The summed E-state index contributed by atoms with van der Waals surface area (Å²) >= 11 is 17.8. The highest BCUT2D eigenvalue weighted by molar-refractivity contribution is 7.80. The van der Waals surface area contributed by atoms with E-state index in [0.29, 0.717) is 28.2 Å². The standard InChI is InChI=1S/C20H21Cl2NO2S/c1-24-19-11-14(20(26)23-9-3-2-4-10-23)6-8-18(19)25-13-15-5-7-16(21)12-17(15)22/h5-8,11-12H,2-4,9-10,13H2,1H3. The number of likely N-dealkylation sites (tertiary alicyclic amines) is 1. The number of hydrogen-bond donors (Lipinski definition) is 0. The lowest BCUT2D eigenvalue weighted by Gasteiger charge is -2.29. The monoisotopic (exact) mass is 409 g/mol. The molecule has 1 fully saturated rings. The van der Waals surface area contributed by atoms with Crippen LogP contribution in [0.5, 0.6) is 11.5 Å². The van der Waals surface area contributed by atoms with Gasteiger partial charge in [0.25, 0.3) is 0 Å². The quantitative estimate of drug-likeness (QED) is 0.586. The van der Waals surface area contributed by atoms with Crippen molar-refractivity contribution in [3.05, 3.63) is 57.6 Å². The molecule has 0 aliphatic carbocycles. The summed E-state index contributed by atoms with van der Waals surface area (Å²) in [5.74, 6) is 1.32. The summed E-state index contributed by atoms with van der Waals surface area (Å²) in [6, 6.07) is 11.2. The van der Waals surface area contributed by atoms with E-state index in [1.165, 1.54) is 19.3 Å². The topological polar surface area (TPSA) is 21.7 Å². The maximum Gasteiger partial charge on any atom is 0.161 e. The number of piperidine rings is 1. The highest BCUT2D eigenvalue weighted by atomic mass is 35.5. The molecule has 1 heterocycles. The molecule has 0 bridgehead atoms. The van der Waals surface area contributed by atoms with Crippen molar-refractivity contribution in [3.8, 4) is 11.5 Å². The van der Waals surface area contributed by atoms with Gasteiger partial charge in [0, 0.05) is 34.3 Å². The van der Waals surface area contributed by atoms with Crippen LogP contribution in [0.4, 0.5) is 0 Å². The Morgan fingerprint density at radius 1 is 1.04 bits per heavy atom. The second-order valence-electron chi connectivity index (χ2n) is 6.24. The molecule has 0 unspecified atom stereocenters. The van der Waals surface area contributed by atoms with Gasteiger partial charge in [-0.25, -0.2) is 0 Å². The molecule has 2 aromatic rings. The molecule has 6 heteroatoms. The predicted octanol–water partition coefficient (Wildman–Crippen LogP) is 5.74. The Balaban J connectivity index is 1.73. The summed E-state index contributed by atoms with van der Waals surface area (Å²) in [6.07, 6.45) is 3.67. The summed E-state index contributed by atoms with van der Waals surface area (Å²) in [6.45, 7) is 2.38. The maximum absolute atomic E-state index is 6.20. The summed E-state index contributed by atoms with van der Waals surface area (Å²) in [4.78, 5) is 3.14. The van der Waals surface area contributed by atoms with Gasteiger partial charge < -0.3 is 14.4 Å². The smallest absolute Gasteiger partial charge is 0.161 e. The fourth-order valence-corrected chi connectivity index (χ4v) is 3.77. The number of halogens is 2. The van der Waals surface area contributed by atoms with E-state index in [-0.39, 0.29) is 0 Å². The number of hydrogen-bond acceptors (Lipinski definition) is 3. The molecule has 1 aliphatic rings. The van der Waals surface area contributed by atoms with Crippen molar-refractivity contribution in [1.82, 2.24) is 4.90 Å². The lowest BCUT2D eigenvalue weighted by atomic mass is 10.1. The molecule has 3 nitrogen and oxygen atoms in total. The normalized spacial score (nSPS) is 14.2. The van der Waals surface area contributed by atoms with E-state index in [1.54, 1.807) is 19.2 Å². The van der Waals surface area contributed by atoms with Gasteiger partial charge in [0.15, 0.2) is 11.5 Å². The Morgan fingerprint density at radius 3 is 2.50 bits per heavy atom. The number of methoxy groups -OCH3 is 1. The van der Waals surface area contributed by atoms with Crippen LogP contribution in [0, 0.1) is 0 Å². The highest BCUT2D eigenvalue weighted by Crippen LogP contribution is 2.31.